The van der Waals surface area contributed by atoms with Crippen molar-refractivity contribution in [3.05, 3.63) is 0 Å². The van der Waals surface area contributed by atoms with Crippen molar-refractivity contribution in [1.29, 1.82) is 0 Å². The van der Waals surface area contributed by atoms with Crippen molar-refractivity contribution in [2.45, 2.75) is 122 Å². The average Bonchev–Trinajstić information content (AvgIpc) is 2.52. The molecule has 0 aliphatic carbocycles. The van der Waals surface area contributed by atoms with Gasteiger partial charge in [-0.1, -0.05) is 84.5 Å². The molecule has 0 saturated heterocycles. The van der Waals surface area contributed by atoms with Gasteiger partial charge in [0, 0.05) is 5.25 Å². The Kier molecular flexibility index (Phi) is 21.7. The Labute approximate surface area is 199 Å². The summed E-state index contributed by atoms with van der Waals surface area (Å²) in [6, 6.07) is 0. The van der Waals surface area contributed by atoms with Crippen LogP contribution in [-0.2, 0) is 10.1 Å². The van der Waals surface area contributed by atoms with Crippen LogP contribution in [0.25, 0.3) is 0 Å². The predicted octanol–water partition coefficient (Wildman–Crippen LogP) is 2.16. The van der Waals surface area contributed by atoms with E-state index in [1.165, 1.54) is 0 Å². The average molecular weight is 403 g/mol. The maximum absolute atomic E-state index is 11.3. The summed E-state index contributed by atoms with van der Waals surface area (Å²) in [5.41, 5.74) is 0. The molecule has 0 aromatic heterocycles. The topological polar surface area (TPSA) is 77.4 Å². The van der Waals surface area contributed by atoms with Crippen molar-refractivity contribution >= 4 is 10.1 Å². The molecule has 0 bridgehead atoms. The third-order valence-electron chi connectivity index (χ3n) is 4.74. The molecule has 0 rings (SSSR count). The van der Waals surface area contributed by atoms with E-state index in [9.17, 15) is 18.1 Å². The Morgan fingerprint density at radius 2 is 1.12 bits per heavy atom. The first-order valence-corrected chi connectivity index (χ1v) is 11.5. The van der Waals surface area contributed by atoms with E-state index in [0.717, 1.165) is 83.5 Å². The Hall–Kier alpha value is 1.51. The van der Waals surface area contributed by atoms with Crippen molar-refractivity contribution in [2.24, 2.45) is 0 Å². The number of hydrogen-bond donors (Lipinski definition) is 1. The Morgan fingerprint density at radius 3 is 1.60 bits per heavy atom. The first-order chi connectivity index (χ1) is 11.4. The molecule has 0 aromatic rings. The van der Waals surface area contributed by atoms with Crippen molar-refractivity contribution < 1.29 is 69.5 Å². The van der Waals surface area contributed by atoms with Crippen LogP contribution in [0, 0.1) is 0 Å². The molecule has 146 valence electrons. The van der Waals surface area contributed by atoms with Crippen molar-refractivity contribution in [3.63, 3.8) is 0 Å². The number of aliphatic hydroxyl groups is 1. The van der Waals surface area contributed by atoms with Gasteiger partial charge in [0.15, 0.2) is 0 Å². The second kappa shape index (κ2) is 18.9. The van der Waals surface area contributed by atoms with Gasteiger partial charge in [-0.25, -0.2) is 8.42 Å². The van der Waals surface area contributed by atoms with Gasteiger partial charge < -0.3 is 9.66 Å². The minimum atomic E-state index is -4.14. The zero-order chi connectivity index (χ0) is 18.3. The molecule has 0 heterocycles. The second-order valence-electron chi connectivity index (χ2n) is 7.11. The van der Waals surface area contributed by atoms with Gasteiger partial charge in [0.25, 0.3) is 0 Å². The van der Waals surface area contributed by atoms with E-state index in [4.69, 9.17) is 0 Å². The third-order valence-corrected chi connectivity index (χ3v) is 6.03. The van der Waals surface area contributed by atoms with Crippen LogP contribution < -0.4 is 51.4 Å². The van der Waals surface area contributed by atoms with Crippen LogP contribution in [0.15, 0.2) is 0 Å². The summed E-state index contributed by atoms with van der Waals surface area (Å²) in [7, 11) is -4.14. The van der Waals surface area contributed by atoms with E-state index in [1.54, 1.807) is 0 Å². The van der Waals surface area contributed by atoms with Crippen molar-refractivity contribution in [2.75, 3.05) is 0 Å². The fourth-order valence-electron chi connectivity index (χ4n) is 3.10. The van der Waals surface area contributed by atoms with Crippen LogP contribution >= 0.6 is 0 Å². The van der Waals surface area contributed by atoms with E-state index in [2.05, 4.69) is 13.8 Å². The van der Waals surface area contributed by atoms with Crippen LogP contribution in [0.4, 0.5) is 0 Å². The molecular formula is C19H39KO4S. The van der Waals surface area contributed by atoms with Crippen LogP contribution in [0.1, 0.15) is 110 Å². The van der Waals surface area contributed by atoms with Gasteiger partial charge in [-0.2, -0.15) is 0 Å². The van der Waals surface area contributed by atoms with Gasteiger partial charge in [-0.3, -0.25) is 0 Å². The molecule has 0 fully saturated rings. The second-order valence-corrected chi connectivity index (χ2v) is 8.76. The standard InChI is InChI=1S/C19H40O4S.K/c1-3-5-11-16-19(24(21,22)23)17-13-10-8-7-9-12-15-18(20)14-6-4-2;/h18-20H,3-17H2,1-2H3,(H,21,22,23);/q;+1/p-1. The van der Waals surface area contributed by atoms with Crippen molar-refractivity contribution in [1.82, 2.24) is 0 Å². The summed E-state index contributed by atoms with van der Waals surface area (Å²) in [5, 5.41) is 9.08. The molecule has 0 aromatic carbocycles. The molecule has 25 heavy (non-hydrogen) atoms. The molecule has 4 nitrogen and oxygen atoms in total. The molecule has 0 aliphatic rings. The molecule has 0 saturated carbocycles. The number of hydrogen-bond acceptors (Lipinski definition) is 4. The SMILES string of the molecule is CCCCCC(CCCCCCCCC(O)CCCC)S(=O)(=O)[O-].[K+]. The molecule has 2 atom stereocenters. The van der Waals surface area contributed by atoms with Gasteiger partial charge in [0.1, 0.15) is 0 Å². The van der Waals surface area contributed by atoms with E-state index < -0.39 is 15.4 Å². The monoisotopic (exact) mass is 402 g/mol. The summed E-state index contributed by atoms with van der Waals surface area (Å²) < 4.78 is 33.9. The molecule has 0 aliphatic heterocycles. The molecule has 2 unspecified atom stereocenters. The fraction of sp³-hybridized carbons (Fsp3) is 1.00. The normalized spacial score (nSPS) is 14.1. The van der Waals surface area contributed by atoms with Crippen LogP contribution in [0.3, 0.4) is 0 Å². The Morgan fingerprint density at radius 1 is 0.720 bits per heavy atom. The van der Waals surface area contributed by atoms with E-state index in [1.807, 2.05) is 0 Å². The van der Waals surface area contributed by atoms with E-state index >= 15 is 0 Å². The van der Waals surface area contributed by atoms with E-state index in [0.29, 0.717) is 12.8 Å². The summed E-state index contributed by atoms with van der Waals surface area (Å²) in [4.78, 5) is 0. The minimum Gasteiger partial charge on any atom is -0.748 e. The summed E-state index contributed by atoms with van der Waals surface area (Å²) >= 11 is 0. The summed E-state index contributed by atoms with van der Waals surface area (Å²) in [6.07, 6.45) is 14.1. The Bertz CT molecular complexity index is 374. The van der Waals surface area contributed by atoms with E-state index in [-0.39, 0.29) is 57.5 Å². The molecular weight excluding hydrogens is 363 g/mol. The number of rotatable bonds is 17. The zero-order valence-electron chi connectivity index (χ0n) is 16.8. The van der Waals surface area contributed by atoms with Crippen molar-refractivity contribution in [3.8, 4) is 0 Å². The number of aliphatic hydroxyl groups excluding tert-OH is 1. The van der Waals surface area contributed by atoms with Gasteiger partial charge in [-0.05, 0) is 25.7 Å². The quantitative estimate of drug-likeness (QED) is 0.230. The van der Waals surface area contributed by atoms with Crippen LogP contribution in [0.5, 0.6) is 0 Å². The minimum absolute atomic E-state index is 0. The van der Waals surface area contributed by atoms with Crippen LogP contribution in [0.2, 0.25) is 0 Å². The van der Waals surface area contributed by atoms with Gasteiger partial charge >= 0.3 is 51.4 Å². The fourth-order valence-corrected chi connectivity index (χ4v) is 4.01. The first-order valence-electron chi connectivity index (χ1n) is 10.0. The molecule has 0 radical (unpaired) electrons. The van der Waals surface area contributed by atoms with Gasteiger partial charge in [-0.15, -0.1) is 0 Å². The Balaban J connectivity index is 0. The summed E-state index contributed by atoms with van der Waals surface area (Å²) in [6.45, 7) is 4.21. The third kappa shape index (κ3) is 18.6. The van der Waals surface area contributed by atoms with Gasteiger partial charge in [0.05, 0.1) is 16.2 Å². The van der Waals surface area contributed by atoms with Crippen LogP contribution in [-0.4, -0.2) is 29.4 Å². The largest absolute Gasteiger partial charge is 1.00 e. The summed E-state index contributed by atoms with van der Waals surface area (Å²) in [5.74, 6) is 0. The van der Waals surface area contributed by atoms with Gasteiger partial charge in [0.2, 0.25) is 0 Å². The first kappa shape index (κ1) is 28.7. The number of unbranched alkanes of at least 4 members (excludes halogenated alkanes) is 8. The molecule has 0 spiro atoms. The predicted molar refractivity (Wildman–Crippen MR) is 100 cm³/mol. The molecule has 0 amide bonds. The maximum Gasteiger partial charge on any atom is 1.00 e. The molecule has 1 N–H and O–H groups in total. The molecule has 6 heteroatoms. The zero-order valence-corrected chi connectivity index (χ0v) is 20.8. The smallest absolute Gasteiger partial charge is 0.748 e. The maximum atomic E-state index is 11.3.